The molecule has 0 unspecified atom stereocenters. The van der Waals surface area contributed by atoms with Crippen molar-refractivity contribution in [2.24, 2.45) is 0 Å². The zero-order valence-electron chi connectivity index (χ0n) is 49.2. The monoisotopic (exact) mass is 1170 g/mol. The quantitative estimate of drug-likeness (QED) is 0.0952. The molecule has 0 aromatic heterocycles. The van der Waals surface area contributed by atoms with Crippen molar-refractivity contribution in [2.45, 2.75) is 6.92 Å². The van der Waals surface area contributed by atoms with Gasteiger partial charge in [-0.05, 0) is 126 Å². The van der Waals surface area contributed by atoms with Gasteiger partial charge in [-0.3, -0.25) is 0 Å². The van der Waals surface area contributed by atoms with E-state index < -0.39 is 24.2 Å². The van der Waals surface area contributed by atoms with Gasteiger partial charge in [-0.2, -0.15) is 0 Å². The molecule has 0 N–H and O–H groups in total. The van der Waals surface area contributed by atoms with Crippen molar-refractivity contribution in [2.75, 3.05) is 0 Å². The molecule has 3 aliphatic rings. The summed E-state index contributed by atoms with van der Waals surface area (Å²) in [5.41, 5.74) is 17.9. The Morgan fingerprint density at radius 1 is 0.182 bits per heavy atom. The lowest BCUT2D eigenvalue weighted by atomic mass is 9.88. The smallest absolute Gasteiger partial charge is 0.0733 e. The summed E-state index contributed by atoms with van der Waals surface area (Å²) >= 11 is 0. The first kappa shape index (κ1) is 54.4. The van der Waals surface area contributed by atoms with Crippen molar-refractivity contribution < 1.29 is 0 Å². The maximum absolute atomic E-state index is 3.96. The minimum absolute atomic E-state index is 1.20. The fraction of sp³-hybridized carbons (Fsp3) is 0.0118. The van der Waals surface area contributed by atoms with E-state index in [0.29, 0.717) is 0 Å². The fourth-order valence-corrected chi connectivity index (χ4v) is 33.2. The van der Waals surface area contributed by atoms with Crippen LogP contribution in [0.3, 0.4) is 0 Å². The van der Waals surface area contributed by atoms with Crippen LogP contribution < -0.4 is 31.1 Å². The first-order valence-corrected chi connectivity index (χ1v) is 36.8. The summed E-state index contributed by atoms with van der Waals surface area (Å²) < 4.78 is 0. The Morgan fingerprint density at radius 2 is 0.398 bits per heavy atom. The van der Waals surface area contributed by atoms with Gasteiger partial charge in [0.2, 0.25) is 0 Å². The summed E-state index contributed by atoms with van der Waals surface area (Å²) in [5.74, 6) is 0. The minimum Gasteiger partial charge on any atom is -0.0733 e. The SMILES string of the molecule is CC1=C(c2ccccc2)C(c2ccccc2)=C(C2=C(c3ccccc3)C(c3ccccc3)=C(C3=C(c4ccccc4)C(c4ccccc4)=C[Si]3(c3ccccc3)c3ccccc3)[Si]2(c2ccccc2)c2ccccc2)[Si]1(c1ccccc1)c1ccccc1. The van der Waals surface area contributed by atoms with Gasteiger partial charge >= 0.3 is 0 Å². The van der Waals surface area contributed by atoms with Crippen LogP contribution in [-0.2, 0) is 0 Å². The molecular weight excluding hydrogens is 1110 g/mol. The second-order valence-corrected chi connectivity index (χ2v) is 34.4. The lowest BCUT2D eigenvalue weighted by Crippen LogP contribution is -2.69. The molecule has 3 heteroatoms. The summed E-state index contributed by atoms with van der Waals surface area (Å²) in [7, 11) is -11.0. The van der Waals surface area contributed by atoms with Crippen LogP contribution in [0.15, 0.2) is 396 Å². The minimum atomic E-state index is -3.96. The van der Waals surface area contributed by atoms with E-state index in [1.165, 1.54) is 124 Å². The molecule has 0 saturated carbocycles. The second kappa shape index (κ2) is 23.2. The molecule has 3 aliphatic heterocycles. The average Bonchev–Trinajstić information content (AvgIpc) is 1.48. The van der Waals surface area contributed by atoms with Gasteiger partial charge in [0.15, 0.2) is 24.2 Å². The maximum atomic E-state index is 2.81. The molecule has 0 fully saturated rings. The van der Waals surface area contributed by atoms with Crippen LogP contribution >= 0.6 is 0 Å². The number of rotatable bonds is 14. The summed E-state index contributed by atoms with van der Waals surface area (Å²) in [4.78, 5) is 0. The maximum Gasteiger partial charge on any atom is 0.180 e. The number of allylic oxidation sites excluding steroid dienone is 11. The Bertz CT molecular complexity index is 4560. The molecule has 0 atom stereocenters. The summed E-state index contributed by atoms with van der Waals surface area (Å²) in [5, 5.41) is 15.3. The molecule has 0 amide bonds. The Hall–Kier alpha value is -10.3. The zero-order valence-corrected chi connectivity index (χ0v) is 52.2. The van der Waals surface area contributed by atoms with Crippen LogP contribution in [0.4, 0.5) is 0 Å². The predicted molar refractivity (Wildman–Crippen MR) is 381 cm³/mol. The molecular formula is C85H64Si3. The number of hydrogen-bond donors (Lipinski definition) is 0. The van der Waals surface area contributed by atoms with Crippen molar-refractivity contribution in [3.63, 3.8) is 0 Å². The van der Waals surface area contributed by atoms with Gasteiger partial charge in [0, 0.05) is 0 Å². The van der Waals surface area contributed by atoms with E-state index in [2.05, 4.69) is 377 Å². The third kappa shape index (κ3) is 8.68. The van der Waals surface area contributed by atoms with Crippen molar-refractivity contribution in [3.05, 3.63) is 429 Å². The lowest BCUT2D eigenvalue weighted by Gasteiger charge is -2.44. The van der Waals surface area contributed by atoms with E-state index in [1.807, 2.05) is 0 Å². The third-order valence-corrected chi connectivity index (χ3v) is 33.7. The molecule has 0 bridgehead atoms. The molecule has 0 saturated heterocycles. The van der Waals surface area contributed by atoms with E-state index in [9.17, 15) is 0 Å². The van der Waals surface area contributed by atoms with Gasteiger partial charge in [-0.25, -0.2) is 0 Å². The second-order valence-electron chi connectivity index (χ2n) is 23.3. The van der Waals surface area contributed by atoms with E-state index in [0.717, 1.165) is 0 Å². The van der Waals surface area contributed by atoms with Crippen LogP contribution in [0, 0.1) is 0 Å². The average molecular weight is 1170 g/mol. The largest absolute Gasteiger partial charge is 0.180 e. The molecule has 3 heterocycles. The van der Waals surface area contributed by atoms with Crippen molar-refractivity contribution >= 4 is 88.8 Å². The Labute approximate surface area is 521 Å². The van der Waals surface area contributed by atoms with Gasteiger partial charge in [0.1, 0.15) is 0 Å². The number of hydrogen-bond acceptors (Lipinski definition) is 0. The summed E-state index contributed by atoms with van der Waals surface area (Å²) in [6, 6.07) is 140. The highest BCUT2D eigenvalue weighted by atomic mass is 28.3. The Balaban J connectivity index is 1.28. The first-order chi connectivity index (χ1) is 43.6. The number of benzene rings is 12. The Morgan fingerprint density at radius 3 is 0.716 bits per heavy atom. The van der Waals surface area contributed by atoms with Crippen molar-refractivity contribution in [1.29, 1.82) is 0 Å². The fourth-order valence-electron chi connectivity index (χ4n) is 15.4. The molecule has 0 spiro atoms. The van der Waals surface area contributed by atoms with Gasteiger partial charge in [-0.1, -0.05) is 375 Å². The van der Waals surface area contributed by atoms with Crippen LogP contribution in [0.2, 0.25) is 0 Å². The highest BCUT2D eigenvalue weighted by Crippen LogP contribution is 2.62. The lowest BCUT2D eigenvalue weighted by molar-refractivity contribution is 1.55. The van der Waals surface area contributed by atoms with Gasteiger partial charge in [0.05, 0.1) is 0 Å². The van der Waals surface area contributed by atoms with Crippen LogP contribution in [0.25, 0.3) is 33.4 Å². The van der Waals surface area contributed by atoms with E-state index >= 15 is 0 Å². The summed E-state index contributed by atoms with van der Waals surface area (Å²) in [6.45, 7) is 2.52. The van der Waals surface area contributed by atoms with Crippen LogP contribution in [0.5, 0.6) is 0 Å². The van der Waals surface area contributed by atoms with Crippen molar-refractivity contribution in [3.8, 4) is 0 Å². The highest BCUT2D eigenvalue weighted by molar-refractivity contribution is 7.25. The van der Waals surface area contributed by atoms with Gasteiger partial charge in [-0.15, -0.1) is 0 Å². The highest BCUT2D eigenvalue weighted by Gasteiger charge is 2.64. The van der Waals surface area contributed by atoms with Gasteiger partial charge in [0.25, 0.3) is 0 Å². The zero-order chi connectivity index (χ0) is 58.9. The van der Waals surface area contributed by atoms with E-state index in [4.69, 9.17) is 0 Å². The molecule has 0 aliphatic carbocycles. The van der Waals surface area contributed by atoms with E-state index in [-0.39, 0.29) is 0 Å². The topological polar surface area (TPSA) is 0 Å². The molecule has 88 heavy (non-hydrogen) atoms. The molecule has 416 valence electrons. The first-order valence-electron chi connectivity index (χ1n) is 30.8. The molecule has 0 radical (unpaired) electrons. The normalized spacial score (nSPS) is 15.9. The molecule has 12 aromatic carbocycles. The van der Waals surface area contributed by atoms with Gasteiger partial charge < -0.3 is 0 Å². The van der Waals surface area contributed by atoms with Crippen LogP contribution in [0.1, 0.15) is 40.3 Å². The predicted octanol–water partition coefficient (Wildman–Crippen LogP) is 16.4. The third-order valence-electron chi connectivity index (χ3n) is 18.8. The van der Waals surface area contributed by atoms with E-state index in [1.54, 1.807) is 0 Å². The standard InChI is InChI=1S/C85H64Si3/c1-63-77(65-40-16-3-17-41-65)79(67-44-20-5-21-45-67)84(87(63,72-54-30-10-31-55-72)73-56-32-11-33-57-73)85-81(69-48-24-7-25-49-69)80(68-46-22-6-23-47-68)83(88(85,74-58-34-12-35-59-74)75-60-36-13-37-61-75)82-78(66-42-18-4-19-43-66)76(64-38-14-2-15-39-64)62-86(82,70-50-26-8-27-51-70)71-52-28-9-29-53-71/h2-62H,1H3. The summed E-state index contributed by atoms with van der Waals surface area (Å²) in [6.07, 6.45) is 0. The van der Waals surface area contributed by atoms with Crippen LogP contribution in [-0.4, -0.2) is 24.2 Å². The molecule has 15 rings (SSSR count). The molecule has 0 nitrogen and oxygen atoms in total. The van der Waals surface area contributed by atoms with Crippen molar-refractivity contribution in [1.82, 2.24) is 0 Å². The molecule has 12 aromatic rings. The Kier molecular flexibility index (Phi) is 14.3.